The summed E-state index contributed by atoms with van der Waals surface area (Å²) in [6, 6.07) is 0. The van der Waals surface area contributed by atoms with E-state index in [1.165, 1.54) is 32.4 Å². The molecule has 0 aromatic carbocycles. The molecular formula is C13H25ClN2O. The fourth-order valence-electron chi connectivity index (χ4n) is 1.99. The van der Waals surface area contributed by atoms with E-state index in [1.54, 1.807) is 0 Å². The lowest BCUT2D eigenvalue weighted by Gasteiger charge is -2.26. The van der Waals surface area contributed by atoms with Gasteiger partial charge in [0.05, 0.1) is 5.41 Å². The van der Waals surface area contributed by atoms with Crippen molar-refractivity contribution in [1.82, 2.24) is 10.2 Å². The van der Waals surface area contributed by atoms with Crippen LogP contribution in [-0.4, -0.2) is 42.9 Å². The lowest BCUT2D eigenvalue weighted by Crippen LogP contribution is -2.39. The predicted molar refractivity (Wildman–Crippen MR) is 72.4 cm³/mol. The molecule has 0 bridgehead atoms. The van der Waals surface area contributed by atoms with Gasteiger partial charge in [0.1, 0.15) is 0 Å². The Morgan fingerprint density at radius 3 is 2.53 bits per heavy atom. The first-order valence-electron chi connectivity index (χ1n) is 6.63. The van der Waals surface area contributed by atoms with Crippen molar-refractivity contribution >= 4 is 17.5 Å². The third-order valence-corrected chi connectivity index (χ3v) is 4.00. The van der Waals surface area contributed by atoms with Crippen molar-refractivity contribution in [3.05, 3.63) is 0 Å². The van der Waals surface area contributed by atoms with Gasteiger partial charge in [-0.3, -0.25) is 4.79 Å². The third-order valence-electron chi connectivity index (χ3n) is 3.33. The summed E-state index contributed by atoms with van der Waals surface area (Å²) in [4.78, 5) is 14.2. The summed E-state index contributed by atoms with van der Waals surface area (Å²) >= 11 is 5.75. The Kier molecular flexibility index (Phi) is 6.28. The molecule has 1 rings (SSSR count). The number of amides is 1. The molecule has 1 aliphatic rings. The van der Waals surface area contributed by atoms with E-state index in [2.05, 4.69) is 10.2 Å². The number of halogens is 1. The number of piperidine rings is 1. The van der Waals surface area contributed by atoms with Gasteiger partial charge in [0.25, 0.3) is 0 Å². The number of nitrogens with zero attached hydrogens (tertiary/aromatic N) is 1. The Morgan fingerprint density at radius 1 is 1.29 bits per heavy atom. The highest BCUT2D eigenvalue weighted by atomic mass is 35.5. The maximum Gasteiger partial charge on any atom is 0.226 e. The van der Waals surface area contributed by atoms with E-state index in [0.29, 0.717) is 5.88 Å². The van der Waals surface area contributed by atoms with Crippen molar-refractivity contribution in [3.8, 4) is 0 Å². The Morgan fingerprint density at radius 2 is 1.94 bits per heavy atom. The average molecular weight is 261 g/mol. The molecule has 1 saturated heterocycles. The minimum absolute atomic E-state index is 0.0612. The van der Waals surface area contributed by atoms with Gasteiger partial charge in [0, 0.05) is 12.4 Å². The molecule has 0 aliphatic carbocycles. The zero-order chi connectivity index (χ0) is 12.7. The fourth-order valence-corrected chi connectivity index (χ4v) is 2.11. The number of hydrogen-bond donors (Lipinski definition) is 1. The normalized spacial score (nSPS) is 18.1. The highest BCUT2D eigenvalue weighted by Gasteiger charge is 2.25. The van der Waals surface area contributed by atoms with Gasteiger partial charge >= 0.3 is 0 Å². The van der Waals surface area contributed by atoms with Crippen LogP contribution in [0.2, 0.25) is 0 Å². The topological polar surface area (TPSA) is 32.3 Å². The minimum atomic E-state index is -0.452. The zero-order valence-electron chi connectivity index (χ0n) is 11.1. The number of rotatable bonds is 6. The summed E-state index contributed by atoms with van der Waals surface area (Å²) < 4.78 is 0. The van der Waals surface area contributed by atoms with Gasteiger partial charge < -0.3 is 10.2 Å². The quantitative estimate of drug-likeness (QED) is 0.587. The predicted octanol–water partition coefficient (Wildman–Crippen LogP) is 2.24. The molecule has 1 amide bonds. The molecule has 0 spiro atoms. The monoisotopic (exact) mass is 260 g/mol. The van der Waals surface area contributed by atoms with Gasteiger partial charge in [-0.05, 0) is 52.7 Å². The van der Waals surface area contributed by atoms with Crippen molar-refractivity contribution in [2.75, 3.05) is 32.1 Å². The first-order chi connectivity index (χ1) is 8.06. The lowest BCUT2D eigenvalue weighted by atomic mass is 9.95. The van der Waals surface area contributed by atoms with Gasteiger partial charge in [-0.2, -0.15) is 0 Å². The van der Waals surface area contributed by atoms with Crippen LogP contribution in [0, 0.1) is 5.41 Å². The molecule has 0 radical (unpaired) electrons. The molecule has 1 fully saturated rings. The first kappa shape index (κ1) is 14.8. The van der Waals surface area contributed by atoms with E-state index in [9.17, 15) is 4.79 Å². The molecule has 1 heterocycles. The summed E-state index contributed by atoms with van der Waals surface area (Å²) in [6.45, 7) is 8.05. The zero-order valence-corrected chi connectivity index (χ0v) is 11.9. The standard InChI is InChI=1S/C13H25ClN2O/c1-13(2,11-14)12(17)15-7-6-10-16-8-4-3-5-9-16/h3-11H2,1-2H3,(H,15,17). The maximum absolute atomic E-state index is 11.7. The molecular weight excluding hydrogens is 236 g/mol. The highest BCUT2D eigenvalue weighted by Crippen LogP contribution is 2.16. The van der Waals surface area contributed by atoms with Crippen LogP contribution in [0.4, 0.5) is 0 Å². The molecule has 0 saturated carbocycles. The SMILES string of the molecule is CC(C)(CCl)C(=O)NCCCN1CCCCC1. The van der Waals surface area contributed by atoms with E-state index in [-0.39, 0.29) is 5.91 Å². The number of nitrogens with one attached hydrogen (secondary N) is 1. The van der Waals surface area contributed by atoms with E-state index in [1.807, 2.05) is 13.8 Å². The molecule has 4 heteroatoms. The Hall–Kier alpha value is -0.280. The van der Waals surface area contributed by atoms with Crippen LogP contribution in [0.3, 0.4) is 0 Å². The number of alkyl halides is 1. The molecule has 3 nitrogen and oxygen atoms in total. The van der Waals surface area contributed by atoms with Gasteiger partial charge in [0.15, 0.2) is 0 Å². The second kappa shape index (κ2) is 7.22. The van der Waals surface area contributed by atoms with Crippen LogP contribution < -0.4 is 5.32 Å². The smallest absolute Gasteiger partial charge is 0.226 e. The summed E-state index contributed by atoms with van der Waals surface area (Å²) in [6.07, 6.45) is 5.05. The molecule has 0 atom stereocenters. The molecule has 17 heavy (non-hydrogen) atoms. The summed E-state index contributed by atoms with van der Waals surface area (Å²) in [5.41, 5.74) is -0.452. The van der Waals surface area contributed by atoms with Crippen LogP contribution >= 0.6 is 11.6 Å². The van der Waals surface area contributed by atoms with Crippen molar-refractivity contribution in [1.29, 1.82) is 0 Å². The van der Waals surface area contributed by atoms with Gasteiger partial charge in [-0.1, -0.05) is 6.42 Å². The summed E-state index contributed by atoms with van der Waals surface area (Å²) in [7, 11) is 0. The van der Waals surface area contributed by atoms with Gasteiger partial charge in [-0.15, -0.1) is 11.6 Å². The minimum Gasteiger partial charge on any atom is -0.356 e. The molecule has 0 aromatic rings. The number of hydrogen-bond acceptors (Lipinski definition) is 2. The van der Waals surface area contributed by atoms with Crippen LogP contribution in [0.15, 0.2) is 0 Å². The van der Waals surface area contributed by atoms with Crippen molar-refractivity contribution < 1.29 is 4.79 Å². The first-order valence-corrected chi connectivity index (χ1v) is 7.16. The second-order valence-corrected chi connectivity index (χ2v) is 5.80. The largest absolute Gasteiger partial charge is 0.356 e. The van der Waals surface area contributed by atoms with Gasteiger partial charge in [0.2, 0.25) is 5.91 Å². The molecule has 1 N–H and O–H groups in total. The van der Waals surface area contributed by atoms with Gasteiger partial charge in [-0.25, -0.2) is 0 Å². The maximum atomic E-state index is 11.7. The number of carbonyl (C=O) groups is 1. The summed E-state index contributed by atoms with van der Waals surface area (Å²) in [5.74, 6) is 0.427. The Balaban J connectivity index is 2.09. The number of likely N-dealkylation sites (tertiary alicyclic amines) is 1. The van der Waals surface area contributed by atoms with E-state index < -0.39 is 5.41 Å². The van der Waals surface area contributed by atoms with Crippen molar-refractivity contribution in [2.24, 2.45) is 5.41 Å². The van der Waals surface area contributed by atoms with Crippen LogP contribution in [0.1, 0.15) is 39.5 Å². The second-order valence-electron chi connectivity index (χ2n) is 5.53. The molecule has 0 unspecified atom stereocenters. The van der Waals surface area contributed by atoms with Crippen molar-refractivity contribution in [2.45, 2.75) is 39.5 Å². The van der Waals surface area contributed by atoms with E-state index >= 15 is 0 Å². The summed E-state index contributed by atoms with van der Waals surface area (Å²) in [5, 5.41) is 2.96. The van der Waals surface area contributed by atoms with Crippen LogP contribution in [0.25, 0.3) is 0 Å². The lowest BCUT2D eigenvalue weighted by molar-refractivity contribution is -0.128. The van der Waals surface area contributed by atoms with E-state index in [0.717, 1.165) is 19.5 Å². The van der Waals surface area contributed by atoms with Crippen LogP contribution in [-0.2, 0) is 4.79 Å². The van der Waals surface area contributed by atoms with Crippen molar-refractivity contribution in [3.63, 3.8) is 0 Å². The molecule has 100 valence electrons. The van der Waals surface area contributed by atoms with E-state index in [4.69, 9.17) is 11.6 Å². The average Bonchev–Trinajstić information content (AvgIpc) is 2.35. The third kappa shape index (κ3) is 5.26. The Bertz CT molecular complexity index is 238. The highest BCUT2D eigenvalue weighted by molar-refractivity contribution is 6.19. The van der Waals surface area contributed by atoms with Crippen LogP contribution in [0.5, 0.6) is 0 Å². The fraction of sp³-hybridized carbons (Fsp3) is 0.923. The Labute approximate surface area is 110 Å². The molecule has 1 aliphatic heterocycles. The molecule has 0 aromatic heterocycles. The number of carbonyl (C=O) groups excluding carboxylic acids is 1.